The molecule has 51 heavy (non-hydrogen) atoms. The molecule has 4 rings (SSSR count). The number of carbonyl (C=O) groups is 3. The summed E-state index contributed by atoms with van der Waals surface area (Å²) in [6.07, 6.45) is 8.21. The molecule has 3 aromatic carbocycles. The van der Waals surface area contributed by atoms with Crippen LogP contribution in [-0.4, -0.2) is 72.8 Å². The summed E-state index contributed by atoms with van der Waals surface area (Å²) in [6.45, 7) is 4.62. The Hall–Kier alpha value is -3.72. The fraction of sp³-hybridized carbons (Fsp3) is 0.432. The summed E-state index contributed by atoms with van der Waals surface area (Å²) in [5.41, 5.74) is 1.46. The second-order valence-corrected chi connectivity index (χ2v) is 16.2. The molecule has 0 spiro atoms. The third kappa shape index (κ3) is 10.2. The predicted molar refractivity (Wildman–Crippen MR) is 204 cm³/mol. The van der Waals surface area contributed by atoms with E-state index in [2.05, 4.69) is 34.1 Å². The molecule has 2 unspecified atom stereocenters. The quantitative estimate of drug-likeness (QED) is 0.103. The maximum Gasteiger partial charge on any atom is 0.327 e. The number of benzene rings is 3. The number of amides is 2. The van der Waals surface area contributed by atoms with Crippen molar-refractivity contribution in [1.82, 2.24) is 15.4 Å². The molecule has 276 valence electrons. The number of nitrogens with one attached hydrogen (secondary N) is 3. The SMILES string of the molecule is CCCCC1(CCCC)CN(c2ccccc2)c2cc(SC)c(CC(=O)NC(C(=O)NC(CSC)C(=O)O)c3ccc(O)cc3)cc2S(=O)(=O)N1. The molecule has 14 heteroatoms. The van der Waals surface area contributed by atoms with Crippen molar-refractivity contribution in [3.05, 3.63) is 77.9 Å². The van der Waals surface area contributed by atoms with Gasteiger partial charge in [0, 0.05) is 22.9 Å². The van der Waals surface area contributed by atoms with Crippen LogP contribution in [0.1, 0.15) is 69.5 Å². The van der Waals surface area contributed by atoms with Crippen molar-refractivity contribution in [2.75, 3.05) is 29.7 Å². The normalized spacial score (nSPS) is 16.0. The predicted octanol–water partition coefficient (Wildman–Crippen LogP) is 6.00. The van der Waals surface area contributed by atoms with Gasteiger partial charge in [-0.05, 0) is 72.9 Å². The van der Waals surface area contributed by atoms with Gasteiger partial charge in [0.1, 0.15) is 22.7 Å². The van der Waals surface area contributed by atoms with Crippen LogP contribution in [-0.2, 0) is 30.8 Å². The molecule has 11 nitrogen and oxygen atoms in total. The fourth-order valence-electron chi connectivity index (χ4n) is 6.31. The van der Waals surface area contributed by atoms with E-state index in [9.17, 15) is 33.0 Å². The number of para-hydroxylation sites is 1. The van der Waals surface area contributed by atoms with Crippen LogP contribution in [0.15, 0.2) is 76.5 Å². The van der Waals surface area contributed by atoms with E-state index < -0.39 is 45.4 Å². The minimum Gasteiger partial charge on any atom is -0.508 e. The van der Waals surface area contributed by atoms with E-state index >= 15 is 0 Å². The third-order valence-electron chi connectivity index (χ3n) is 8.93. The lowest BCUT2D eigenvalue weighted by Gasteiger charge is -2.37. The topological polar surface area (TPSA) is 165 Å². The molecule has 3 aromatic rings. The summed E-state index contributed by atoms with van der Waals surface area (Å²) >= 11 is 2.64. The molecule has 0 saturated heterocycles. The molecule has 2 atom stereocenters. The highest BCUT2D eigenvalue weighted by atomic mass is 32.2. The molecule has 0 saturated carbocycles. The first kappa shape index (κ1) is 40.1. The van der Waals surface area contributed by atoms with Gasteiger partial charge in [-0.1, -0.05) is 69.9 Å². The Morgan fingerprint density at radius 1 is 0.961 bits per heavy atom. The minimum atomic E-state index is -4.06. The van der Waals surface area contributed by atoms with Gasteiger partial charge in [0.25, 0.3) is 0 Å². The smallest absolute Gasteiger partial charge is 0.327 e. The molecule has 1 aliphatic rings. The molecule has 0 aromatic heterocycles. The Morgan fingerprint density at radius 2 is 1.61 bits per heavy atom. The second kappa shape index (κ2) is 18.2. The van der Waals surface area contributed by atoms with Crippen molar-refractivity contribution in [3.8, 4) is 5.75 Å². The molecule has 0 radical (unpaired) electrons. The van der Waals surface area contributed by atoms with E-state index in [1.54, 1.807) is 12.3 Å². The van der Waals surface area contributed by atoms with Gasteiger partial charge in [0.2, 0.25) is 21.8 Å². The molecule has 0 aliphatic carbocycles. The lowest BCUT2D eigenvalue weighted by atomic mass is 9.87. The number of thioether (sulfide) groups is 2. The number of carbonyl (C=O) groups excluding carboxylic acids is 2. The number of fused-ring (bicyclic) bond motifs is 1. The van der Waals surface area contributed by atoms with Gasteiger partial charge in [-0.15, -0.1) is 11.8 Å². The Balaban J connectivity index is 1.75. The highest BCUT2D eigenvalue weighted by Crippen LogP contribution is 2.42. The average molecular weight is 757 g/mol. The van der Waals surface area contributed by atoms with Crippen LogP contribution in [0.2, 0.25) is 0 Å². The summed E-state index contributed by atoms with van der Waals surface area (Å²) in [5.74, 6) is -2.45. The first-order valence-corrected chi connectivity index (χ1v) is 21.1. The molecule has 1 heterocycles. The molecular weight excluding hydrogens is 709 g/mol. The van der Waals surface area contributed by atoms with E-state index in [-0.39, 0.29) is 22.8 Å². The zero-order chi connectivity index (χ0) is 37.2. The number of hydrogen-bond donors (Lipinski definition) is 5. The Bertz CT molecular complexity index is 1760. The van der Waals surface area contributed by atoms with E-state index in [0.717, 1.165) is 31.4 Å². The zero-order valence-electron chi connectivity index (χ0n) is 29.5. The largest absolute Gasteiger partial charge is 0.508 e. The van der Waals surface area contributed by atoms with Crippen LogP contribution in [0.5, 0.6) is 5.75 Å². The van der Waals surface area contributed by atoms with Crippen molar-refractivity contribution >= 4 is 62.7 Å². The Morgan fingerprint density at radius 3 is 2.18 bits per heavy atom. The van der Waals surface area contributed by atoms with Gasteiger partial charge in [-0.25, -0.2) is 17.9 Å². The third-order valence-corrected chi connectivity index (χ3v) is 12.0. The average Bonchev–Trinajstić information content (AvgIpc) is 3.20. The van der Waals surface area contributed by atoms with Crippen molar-refractivity contribution < 1.29 is 33.0 Å². The number of carboxylic acid groups (broad SMARTS) is 1. The summed E-state index contributed by atoms with van der Waals surface area (Å²) in [5, 5.41) is 24.7. The number of nitrogens with zero attached hydrogens (tertiary/aromatic N) is 1. The number of phenols is 1. The van der Waals surface area contributed by atoms with Crippen LogP contribution in [0.4, 0.5) is 11.4 Å². The molecular formula is C37H48N4O7S3. The molecule has 0 bridgehead atoms. The standard InChI is InChI=1S/C37H48N4O7S3/c1-5-7-18-37(19-8-6-2)24-41(27-12-10-9-11-13-27)30-22-31(50-4)26(20-32(30)51(47,48)40-37)21-33(43)39-34(25-14-16-28(42)17-15-25)35(44)38-29(23-49-3)36(45)46/h9-17,20,22,29,34,40,42H,5-8,18-19,21,23-24H2,1-4H3,(H,38,44)(H,39,43)(H,45,46). The van der Waals surface area contributed by atoms with E-state index in [0.29, 0.717) is 41.1 Å². The van der Waals surface area contributed by atoms with Crippen LogP contribution >= 0.6 is 23.5 Å². The molecule has 1 aliphatic heterocycles. The van der Waals surface area contributed by atoms with Crippen molar-refractivity contribution in [2.24, 2.45) is 0 Å². The second-order valence-electron chi connectivity index (χ2n) is 12.8. The number of carboxylic acids is 1. The number of sulfonamides is 1. The van der Waals surface area contributed by atoms with Crippen LogP contribution < -0.4 is 20.3 Å². The number of phenolic OH excluding ortho intramolecular Hbond substituents is 1. The number of aromatic hydroxyl groups is 1. The number of rotatable bonds is 17. The zero-order valence-corrected chi connectivity index (χ0v) is 31.9. The van der Waals surface area contributed by atoms with Crippen LogP contribution in [0, 0.1) is 0 Å². The first-order chi connectivity index (χ1) is 24.4. The molecule has 0 fully saturated rings. The Kier molecular flexibility index (Phi) is 14.3. The lowest BCUT2D eigenvalue weighted by Crippen LogP contribution is -2.53. The maximum absolute atomic E-state index is 14.4. The first-order valence-electron chi connectivity index (χ1n) is 17.0. The number of aliphatic carboxylic acids is 1. The van der Waals surface area contributed by atoms with Gasteiger partial charge in [0.05, 0.1) is 17.6 Å². The van der Waals surface area contributed by atoms with Gasteiger partial charge in [-0.2, -0.15) is 11.8 Å². The van der Waals surface area contributed by atoms with Crippen LogP contribution in [0.25, 0.3) is 0 Å². The van der Waals surface area contributed by atoms with Crippen molar-refractivity contribution in [2.45, 2.75) is 86.2 Å². The van der Waals surface area contributed by atoms with Crippen molar-refractivity contribution in [1.29, 1.82) is 0 Å². The van der Waals surface area contributed by atoms with E-state index in [4.69, 9.17) is 0 Å². The lowest BCUT2D eigenvalue weighted by molar-refractivity contribution is -0.141. The Labute approximate surface area is 309 Å². The monoisotopic (exact) mass is 756 g/mol. The highest BCUT2D eigenvalue weighted by molar-refractivity contribution is 7.98. The van der Waals surface area contributed by atoms with Gasteiger partial charge in [-0.3, -0.25) is 9.59 Å². The number of anilines is 2. The number of unbranched alkanes of at least 4 members (excludes halogenated alkanes) is 2. The minimum absolute atomic E-state index is 0.0441. The highest BCUT2D eigenvalue weighted by Gasteiger charge is 2.42. The fourth-order valence-corrected chi connectivity index (χ4v) is 9.18. The molecule has 2 amide bonds. The van der Waals surface area contributed by atoms with Crippen LogP contribution in [0.3, 0.4) is 0 Å². The van der Waals surface area contributed by atoms with Gasteiger partial charge >= 0.3 is 5.97 Å². The van der Waals surface area contributed by atoms with Gasteiger partial charge in [0.15, 0.2) is 0 Å². The summed E-state index contributed by atoms with van der Waals surface area (Å²) < 4.78 is 31.9. The maximum atomic E-state index is 14.4. The molecule has 5 N–H and O–H groups in total. The summed E-state index contributed by atoms with van der Waals surface area (Å²) in [4.78, 5) is 41.9. The summed E-state index contributed by atoms with van der Waals surface area (Å²) in [6, 6.07) is 16.3. The summed E-state index contributed by atoms with van der Waals surface area (Å²) in [7, 11) is -4.06. The van der Waals surface area contributed by atoms with Crippen molar-refractivity contribution in [3.63, 3.8) is 0 Å². The van der Waals surface area contributed by atoms with E-state index in [1.165, 1.54) is 47.8 Å². The number of hydrogen-bond acceptors (Lipinski definition) is 9. The van der Waals surface area contributed by atoms with E-state index in [1.807, 2.05) is 42.7 Å². The van der Waals surface area contributed by atoms with Gasteiger partial charge < -0.3 is 25.7 Å².